The number of nitrogens with zero attached hydrogens (tertiary/aromatic N) is 1. The van der Waals surface area contributed by atoms with Crippen molar-refractivity contribution in [3.8, 4) is 0 Å². The van der Waals surface area contributed by atoms with E-state index >= 15 is 0 Å². The van der Waals surface area contributed by atoms with Crippen molar-refractivity contribution in [1.29, 1.82) is 0 Å². The van der Waals surface area contributed by atoms with E-state index in [0.29, 0.717) is 18.4 Å². The summed E-state index contributed by atoms with van der Waals surface area (Å²) in [5.74, 6) is 0.928. The van der Waals surface area contributed by atoms with Gasteiger partial charge in [0.1, 0.15) is 0 Å². The lowest BCUT2D eigenvalue weighted by Crippen LogP contribution is -2.41. The normalized spacial score (nSPS) is 14.6. The first-order valence-corrected chi connectivity index (χ1v) is 9.91. The van der Waals surface area contributed by atoms with Crippen LogP contribution < -0.4 is 16.0 Å². The second-order valence-electron chi connectivity index (χ2n) is 7.90. The van der Waals surface area contributed by atoms with Crippen LogP contribution in [0.25, 0.3) is 10.9 Å². The third-order valence-electron chi connectivity index (χ3n) is 5.05. The van der Waals surface area contributed by atoms with Gasteiger partial charge in [0, 0.05) is 35.9 Å². The lowest BCUT2D eigenvalue weighted by Gasteiger charge is -2.12. The molecule has 0 atom stereocenters. The molecule has 3 amide bonds. The van der Waals surface area contributed by atoms with E-state index in [1.165, 1.54) is 25.7 Å². The van der Waals surface area contributed by atoms with Crippen molar-refractivity contribution >= 4 is 28.5 Å². The smallest absolute Gasteiger partial charge is 0.315 e. The molecule has 6 heteroatoms. The van der Waals surface area contributed by atoms with E-state index < -0.39 is 0 Å². The van der Waals surface area contributed by atoms with Crippen LogP contribution in [0.3, 0.4) is 0 Å². The van der Waals surface area contributed by atoms with Crippen molar-refractivity contribution in [2.75, 3.05) is 18.4 Å². The Bertz CT molecular complexity index is 791. The van der Waals surface area contributed by atoms with E-state index in [0.717, 1.165) is 23.1 Å². The van der Waals surface area contributed by atoms with Crippen molar-refractivity contribution in [2.24, 2.45) is 11.8 Å². The largest absolute Gasteiger partial charge is 0.347 e. The molecule has 2 aromatic rings. The van der Waals surface area contributed by atoms with Crippen LogP contribution in [-0.2, 0) is 11.3 Å². The minimum Gasteiger partial charge on any atom is -0.347 e. The highest BCUT2D eigenvalue weighted by Gasteiger charge is 2.15. The van der Waals surface area contributed by atoms with E-state index in [4.69, 9.17) is 0 Å². The number of amides is 3. The lowest BCUT2D eigenvalue weighted by molar-refractivity contribution is -0.115. The van der Waals surface area contributed by atoms with E-state index in [1.807, 2.05) is 18.2 Å². The van der Waals surface area contributed by atoms with E-state index in [9.17, 15) is 9.59 Å². The number of rotatable bonds is 7. The molecule has 0 bridgehead atoms. The van der Waals surface area contributed by atoms with Crippen LogP contribution in [0, 0.1) is 11.8 Å². The molecule has 146 valence electrons. The third-order valence-corrected chi connectivity index (χ3v) is 5.05. The second kappa shape index (κ2) is 8.93. The van der Waals surface area contributed by atoms with Gasteiger partial charge in [-0.15, -0.1) is 0 Å². The van der Waals surface area contributed by atoms with Crippen LogP contribution in [0.4, 0.5) is 10.5 Å². The molecule has 27 heavy (non-hydrogen) atoms. The van der Waals surface area contributed by atoms with Crippen LogP contribution >= 0.6 is 0 Å². The fourth-order valence-corrected chi connectivity index (χ4v) is 3.71. The van der Waals surface area contributed by atoms with Gasteiger partial charge >= 0.3 is 6.03 Å². The first kappa shape index (κ1) is 19.3. The van der Waals surface area contributed by atoms with Crippen molar-refractivity contribution in [3.05, 3.63) is 30.5 Å². The molecule has 1 saturated carbocycles. The zero-order chi connectivity index (χ0) is 19.2. The maximum absolute atomic E-state index is 12.1. The summed E-state index contributed by atoms with van der Waals surface area (Å²) in [6.45, 7) is 6.00. The SMILES string of the molecule is CC(C)Cn1ccc2cc(NC(=O)CNC(=O)NCC3CCCC3)ccc21. The van der Waals surface area contributed by atoms with E-state index in [2.05, 4.69) is 46.6 Å². The predicted molar refractivity (Wildman–Crippen MR) is 109 cm³/mol. The van der Waals surface area contributed by atoms with Gasteiger partial charge < -0.3 is 20.5 Å². The predicted octanol–water partition coefficient (Wildman–Crippen LogP) is 3.73. The number of carbonyl (C=O) groups excluding carboxylic acids is 2. The van der Waals surface area contributed by atoms with Gasteiger partial charge in [0.25, 0.3) is 0 Å². The molecular formula is C21H30N4O2. The Balaban J connectivity index is 1.46. The number of nitrogens with one attached hydrogen (secondary N) is 3. The Morgan fingerprint density at radius 1 is 1.15 bits per heavy atom. The number of benzene rings is 1. The second-order valence-corrected chi connectivity index (χ2v) is 7.90. The number of anilines is 1. The molecule has 3 rings (SSSR count). The number of aromatic nitrogens is 1. The summed E-state index contributed by atoms with van der Waals surface area (Å²) in [6, 6.07) is 7.66. The average Bonchev–Trinajstić information content (AvgIpc) is 3.28. The highest BCUT2D eigenvalue weighted by atomic mass is 16.2. The molecule has 0 aliphatic heterocycles. The Morgan fingerprint density at radius 3 is 2.67 bits per heavy atom. The van der Waals surface area contributed by atoms with Crippen LogP contribution in [-0.4, -0.2) is 29.6 Å². The van der Waals surface area contributed by atoms with Gasteiger partial charge in [-0.05, 0) is 48.9 Å². The molecule has 1 aliphatic rings. The number of hydrogen-bond donors (Lipinski definition) is 3. The van der Waals surface area contributed by atoms with Gasteiger partial charge in [-0.1, -0.05) is 26.7 Å². The number of fused-ring (bicyclic) bond motifs is 1. The van der Waals surface area contributed by atoms with Crippen molar-refractivity contribution in [3.63, 3.8) is 0 Å². The monoisotopic (exact) mass is 370 g/mol. The fourth-order valence-electron chi connectivity index (χ4n) is 3.71. The summed E-state index contributed by atoms with van der Waals surface area (Å²) < 4.78 is 2.22. The molecule has 1 aromatic heterocycles. The Labute approximate surface area is 160 Å². The molecule has 0 spiro atoms. The molecular weight excluding hydrogens is 340 g/mol. The van der Waals surface area contributed by atoms with Gasteiger partial charge in [0.2, 0.25) is 5.91 Å². The van der Waals surface area contributed by atoms with Crippen LogP contribution in [0.2, 0.25) is 0 Å². The highest BCUT2D eigenvalue weighted by molar-refractivity contribution is 5.96. The van der Waals surface area contributed by atoms with Crippen molar-refractivity contribution in [1.82, 2.24) is 15.2 Å². The number of hydrogen-bond acceptors (Lipinski definition) is 2. The summed E-state index contributed by atoms with van der Waals surface area (Å²) in [7, 11) is 0. The molecule has 1 aromatic carbocycles. The summed E-state index contributed by atoms with van der Waals surface area (Å²) in [4.78, 5) is 23.9. The molecule has 1 heterocycles. The minimum atomic E-state index is -0.279. The van der Waals surface area contributed by atoms with Crippen LogP contribution in [0.1, 0.15) is 39.5 Å². The summed E-state index contributed by atoms with van der Waals surface area (Å²) in [6.07, 6.45) is 6.94. The first-order chi connectivity index (χ1) is 13.0. The maximum atomic E-state index is 12.1. The van der Waals surface area contributed by atoms with Gasteiger partial charge in [-0.2, -0.15) is 0 Å². The van der Waals surface area contributed by atoms with Crippen LogP contribution in [0.5, 0.6) is 0 Å². The summed E-state index contributed by atoms with van der Waals surface area (Å²) in [5, 5.41) is 9.42. The molecule has 0 radical (unpaired) electrons. The first-order valence-electron chi connectivity index (χ1n) is 9.91. The summed E-state index contributed by atoms with van der Waals surface area (Å²) >= 11 is 0. The third kappa shape index (κ3) is 5.49. The Morgan fingerprint density at radius 2 is 1.93 bits per heavy atom. The van der Waals surface area contributed by atoms with E-state index in [-0.39, 0.29) is 18.5 Å². The zero-order valence-corrected chi connectivity index (χ0v) is 16.3. The molecule has 0 unspecified atom stereocenters. The average molecular weight is 370 g/mol. The lowest BCUT2D eigenvalue weighted by atomic mass is 10.1. The van der Waals surface area contributed by atoms with Gasteiger partial charge in [-0.25, -0.2) is 4.79 Å². The summed E-state index contributed by atoms with van der Waals surface area (Å²) in [5.41, 5.74) is 1.90. The van der Waals surface area contributed by atoms with Crippen molar-refractivity contribution in [2.45, 2.75) is 46.1 Å². The Kier molecular flexibility index (Phi) is 6.37. The van der Waals surface area contributed by atoms with Gasteiger partial charge in [0.05, 0.1) is 6.54 Å². The molecule has 3 N–H and O–H groups in total. The zero-order valence-electron chi connectivity index (χ0n) is 16.3. The maximum Gasteiger partial charge on any atom is 0.315 e. The number of carbonyl (C=O) groups is 2. The standard InChI is InChI=1S/C21H30N4O2/c1-15(2)14-25-10-9-17-11-18(7-8-19(17)25)24-20(26)13-23-21(27)22-12-16-5-3-4-6-16/h7-11,15-16H,3-6,12-14H2,1-2H3,(H,24,26)(H2,22,23,27). The topological polar surface area (TPSA) is 75.2 Å². The quantitative estimate of drug-likeness (QED) is 0.695. The molecule has 6 nitrogen and oxygen atoms in total. The Hall–Kier alpha value is -2.50. The molecule has 0 saturated heterocycles. The number of urea groups is 1. The van der Waals surface area contributed by atoms with Crippen molar-refractivity contribution < 1.29 is 9.59 Å². The van der Waals surface area contributed by atoms with Gasteiger partial charge in [0.15, 0.2) is 0 Å². The van der Waals surface area contributed by atoms with E-state index in [1.54, 1.807) is 0 Å². The van der Waals surface area contributed by atoms with Crippen LogP contribution in [0.15, 0.2) is 30.5 Å². The molecule has 1 fully saturated rings. The minimum absolute atomic E-state index is 0.0388. The van der Waals surface area contributed by atoms with Gasteiger partial charge in [-0.3, -0.25) is 4.79 Å². The fraction of sp³-hybridized carbons (Fsp3) is 0.524. The highest BCUT2D eigenvalue weighted by Crippen LogP contribution is 2.23. The molecule has 1 aliphatic carbocycles.